The number of methoxy groups -OCH3 is 1. The third-order valence-electron chi connectivity index (χ3n) is 5.16. The zero-order valence-electron chi connectivity index (χ0n) is 21.1. The van der Waals surface area contributed by atoms with Gasteiger partial charge in [0.1, 0.15) is 18.0 Å². The zero-order valence-corrected chi connectivity index (χ0v) is 21.1. The lowest BCUT2D eigenvalue weighted by Gasteiger charge is -2.27. The zero-order chi connectivity index (χ0) is 26.4. The average Bonchev–Trinajstić information content (AvgIpc) is 3.32. The summed E-state index contributed by atoms with van der Waals surface area (Å²) < 4.78 is 17.9. The second-order valence-corrected chi connectivity index (χ2v) is 9.08. The van der Waals surface area contributed by atoms with Gasteiger partial charge in [-0.25, -0.2) is 14.5 Å². The van der Waals surface area contributed by atoms with Gasteiger partial charge >= 0.3 is 12.1 Å². The van der Waals surface area contributed by atoms with Gasteiger partial charge in [0.15, 0.2) is 5.82 Å². The number of anilines is 2. The maximum atomic E-state index is 13.4. The first-order valence-corrected chi connectivity index (χ1v) is 11.7. The SMILES string of the molecule is COC(=O)c1nnn(-c2ccc(OCc3ccccc3)cc2)c1N(C(=O)OC(C)(C)C)c1ccccc1. The van der Waals surface area contributed by atoms with E-state index in [1.165, 1.54) is 16.7 Å². The number of hydrogen-bond acceptors (Lipinski definition) is 7. The summed E-state index contributed by atoms with van der Waals surface area (Å²) >= 11 is 0. The van der Waals surface area contributed by atoms with Crippen LogP contribution >= 0.6 is 0 Å². The molecule has 9 heteroatoms. The van der Waals surface area contributed by atoms with E-state index in [0.29, 0.717) is 23.7 Å². The predicted octanol–water partition coefficient (Wildman–Crippen LogP) is 5.71. The first kappa shape index (κ1) is 25.4. The van der Waals surface area contributed by atoms with Crippen LogP contribution in [0.25, 0.3) is 5.69 Å². The quantitative estimate of drug-likeness (QED) is 0.300. The van der Waals surface area contributed by atoms with Crippen molar-refractivity contribution in [1.82, 2.24) is 15.0 Å². The van der Waals surface area contributed by atoms with Gasteiger partial charge in [0, 0.05) is 0 Å². The van der Waals surface area contributed by atoms with Gasteiger partial charge in [0.2, 0.25) is 5.69 Å². The Hall–Kier alpha value is -4.66. The Labute approximate surface area is 215 Å². The van der Waals surface area contributed by atoms with E-state index in [9.17, 15) is 9.59 Å². The molecule has 0 aliphatic heterocycles. The third-order valence-corrected chi connectivity index (χ3v) is 5.16. The van der Waals surface area contributed by atoms with E-state index in [4.69, 9.17) is 14.2 Å². The molecular weight excluding hydrogens is 472 g/mol. The van der Waals surface area contributed by atoms with Crippen molar-refractivity contribution in [3.8, 4) is 11.4 Å². The maximum absolute atomic E-state index is 13.4. The Morgan fingerprint density at radius 2 is 1.51 bits per heavy atom. The van der Waals surface area contributed by atoms with Crippen molar-refractivity contribution < 1.29 is 23.8 Å². The molecule has 0 radical (unpaired) electrons. The Bertz CT molecular complexity index is 1350. The lowest BCUT2D eigenvalue weighted by molar-refractivity contribution is 0.0591. The van der Waals surface area contributed by atoms with Crippen molar-refractivity contribution in [3.05, 3.63) is 96.2 Å². The molecule has 37 heavy (non-hydrogen) atoms. The van der Waals surface area contributed by atoms with Crippen LogP contribution in [-0.4, -0.2) is 39.8 Å². The second-order valence-electron chi connectivity index (χ2n) is 9.08. The monoisotopic (exact) mass is 500 g/mol. The number of amides is 1. The molecule has 0 unspecified atom stereocenters. The number of carbonyl (C=O) groups excluding carboxylic acids is 2. The molecule has 0 saturated carbocycles. The van der Waals surface area contributed by atoms with Crippen LogP contribution in [0.3, 0.4) is 0 Å². The molecule has 3 aromatic carbocycles. The molecule has 9 nitrogen and oxygen atoms in total. The van der Waals surface area contributed by atoms with Crippen LogP contribution in [0.15, 0.2) is 84.9 Å². The summed E-state index contributed by atoms with van der Waals surface area (Å²) in [6, 6.07) is 25.7. The van der Waals surface area contributed by atoms with Crippen molar-refractivity contribution in [2.24, 2.45) is 0 Å². The maximum Gasteiger partial charge on any atom is 0.420 e. The summed E-state index contributed by atoms with van der Waals surface area (Å²) in [5, 5.41) is 8.22. The number of carbonyl (C=O) groups is 2. The summed E-state index contributed by atoms with van der Waals surface area (Å²) in [4.78, 5) is 27.4. The third kappa shape index (κ3) is 6.13. The molecule has 190 valence electrons. The van der Waals surface area contributed by atoms with Gasteiger partial charge in [-0.15, -0.1) is 5.10 Å². The number of para-hydroxylation sites is 1. The van der Waals surface area contributed by atoms with Crippen LogP contribution in [0.5, 0.6) is 5.75 Å². The molecule has 0 atom stereocenters. The second kappa shape index (κ2) is 10.9. The fourth-order valence-electron chi connectivity index (χ4n) is 3.50. The Balaban J connectivity index is 1.74. The number of rotatable bonds is 7. The van der Waals surface area contributed by atoms with Crippen LogP contribution in [0.4, 0.5) is 16.3 Å². The fraction of sp³-hybridized carbons (Fsp3) is 0.214. The van der Waals surface area contributed by atoms with Gasteiger partial charge in [0.25, 0.3) is 0 Å². The molecular formula is C28H28N4O5. The number of hydrogen-bond donors (Lipinski definition) is 0. The van der Waals surface area contributed by atoms with Gasteiger partial charge in [0.05, 0.1) is 18.5 Å². The highest BCUT2D eigenvalue weighted by molar-refractivity contribution is 6.02. The first-order chi connectivity index (χ1) is 17.8. The van der Waals surface area contributed by atoms with Crippen LogP contribution in [-0.2, 0) is 16.1 Å². The van der Waals surface area contributed by atoms with Crippen LogP contribution < -0.4 is 9.64 Å². The number of ether oxygens (including phenoxy) is 3. The molecule has 0 N–H and O–H groups in total. The molecule has 0 saturated heterocycles. The molecule has 0 aliphatic carbocycles. The topological polar surface area (TPSA) is 95.8 Å². The average molecular weight is 501 g/mol. The molecule has 4 aromatic rings. The molecule has 1 heterocycles. The molecule has 0 fully saturated rings. The summed E-state index contributed by atoms with van der Waals surface area (Å²) in [6.07, 6.45) is -0.699. The minimum absolute atomic E-state index is 0.0882. The fourth-order valence-corrected chi connectivity index (χ4v) is 3.50. The molecule has 1 amide bonds. The lowest BCUT2D eigenvalue weighted by atomic mass is 10.2. The van der Waals surface area contributed by atoms with Crippen LogP contribution in [0.2, 0.25) is 0 Å². The highest BCUT2D eigenvalue weighted by Gasteiger charge is 2.34. The van der Waals surface area contributed by atoms with Crippen LogP contribution in [0.1, 0.15) is 36.8 Å². The molecule has 0 bridgehead atoms. The van der Waals surface area contributed by atoms with E-state index in [2.05, 4.69) is 10.3 Å². The molecule has 1 aromatic heterocycles. The lowest BCUT2D eigenvalue weighted by Crippen LogP contribution is -2.35. The van der Waals surface area contributed by atoms with E-state index < -0.39 is 17.7 Å². The van der Waals surface area contributed by atoms with Crippen molar-refractivity contribution in [3.63, 3.8) is 0 Å². The van der Waals surface area contributed by atoms with Crippen molar-refractivity contribution in [1.29, 1.82) is 0 Å². The van der Waals surface area contributed by atoms with Gasteiger partial charge in [-0.2, -0.15) is 4.68 Å². The molecule has 0 spiro atoms. The largest absolute Gasteiger partial charge is 0.489 e. The van der Waals surface area contributed by atoms with Crippen LogP contribution in [0, 0.1) is 0 Å². The van der Waals surface area contributed by atoms with E-state index in [1.807, 2.05) is 36.4 Å². The van der Waals surface area contributed by atoms with Gasteiger partial charge in [-0.3, -0.25) is 0 Å². The van der Waals surface area contributed by atoms with E-state index in [1.54, 1.807) is 69.3 Å². The summed E-state index contributed by atoms with van der Waals surface area (Å²) in [6.45, 7) is 5.71. The summed E-state index contributed by atoms with van der Waals surface area (Å²) in [5.74, 6) is -0.00618. The normalized spacial score (nSPS) is 11.0. The van der Waals surface area contributed by atoms with E-state index in [-0.39, 0.29) is 11.5 Å². The number of nitrogens with zero attached hydrogens (tertiary/aromatic N) is 4. The summed E-state index contributed by atoms with van der Waals surface area (Å²) in [5.41, 5.74) is 1.14. The minimum atomic E-state index is -0.786. The van der Waals surface area contributed by atoms with Gasteiger partial charge in [-0.1, -0.05) is 53.7 Å². The number of benzene rings is 3. The standard InChI is InChI=1S/C28H28N4O5/c1-28(2,3)37-27(34)31(21-13-9-6-10-14-21)25-24(26(33)35-4)29-30-32(25)22-15-17-23(18-16-22)36-19-20-11-7-5-8-12-20/h5-18H,19H2,1-4H3. The van der Waals surface area contributed by atoms with E-state index >= 15 is 0 Å². The smallest absolute Gasteiger partial charge is 0.420 e. The highest BCUT2D eigenvalue weighted by atomic mass is 16.6. The molecule has 0 aliphatic rings. The van der Waals surface area contributed by atoms with E-state index in [0.717, 1.165) is 5.56 Å². The predicted molar refractivity (Wildman–Crippen MR) is 138 cm³/mol. The molecule has 4 rings (SSSR count). The van der Waals surface area contributed by atoms with Crippen molar-refractivity contribution in [2.75, 3.05) is 12.0 Å². The Kier molecular flexibility index (Phi) is 7.52. The highest BCUT2D eigenvalue weighted by Crippen LogP contribution is 2.32. The number of aromatic nitrogens is 3. The van der Waals surface area contributed by atoms with Gasteiger partial charge in [-0.05, 0) is 62.7 Å². The first-order valence-electron chi connectivity index (χ1n) is 11.7. The number of esters is 1. The Morgan fingerprint density at radius 1 is 0.892 bits per heavy atom. The Morgan fingerprint density at radius 3 is 2.11 bits per heavy atom. The van der Waals surface area contributed by atoms with Crippen molar-refractivity contribution in [2.45, 2.75) is 33.0 Å². The van der Waals surface area contributed by atoms with Crippen molar-refractivity contribution >= 4 is 23.6 Å². The minimum Gasteiger partial charge on any atom is -0.489 e. The van der Waals surface area contributed by atoms with Gasteiger partial charge < -0.3 is 14.2 Å². The summed E-state index contributed by atoms with van der Waals surface area (Å²) in [7, 11) is 1.24.